The van der Waals surface area contributed by atoms with Gasteiger partial charge in [0, 0.05) is 31.0 Å². The van der Waals surface area contributed by atoms with Crippen molar-refractivity contribution in [3.63, 3.8) is 0 Å². The van der Waals surface area contributed by atoms with Gasteiger partial charge < -0.3 is 20.6 Å². The number of carboxylic acid groups (broad SMARTS) is 1. The molecule has 0 aliphatic heterocycles. The van der Waals surface area contributed by atoms with Crippen molar-refractivity contribution in [1.29, 1.82) is 0 Å². The van der Waals surface area contributed by atoms with E-state index in [1.54, 1.807) is 12.1 Å². The van der Waals surface area contributed by atoms with Gasteiger partial charge in [-0.25, -0.2) is 9.59 Å². The molecule has 6 heteroatoms. The van der Waals surface area contributed by atoms with Crippen molar-refractivity contribution >= 4 is 23.4 Å². The molecule has 0 unspecified atom stereocenters. The molecular weight excluding hydrogens is 318 g/mol. The average molecular weight is 341 g/mol. The van der Waals surface area contributed by atoms with Crippen LogP contribution in [0.25, 0.3) is 0 Å². The molecule has 0 radical (unpaired) electrons. The lowest BCUT2D eigenvalue weighted by Crippen LogP contribution is -2.28. The van der Waals surface area contributed by atoms with Crippen LogP contribution in [-0.2, 0) is 6.54 Å². The summed E-state index contributed by atoms with van der Waals surface area (Å²) >= 11 is 0. The molecule has 2 aromatic rings. The summed E-state index contributed by atoms with van der Waals surface area (Å²) in [6.07, 6.45) is 0. The van der Waals surface area contributed by atoms with Crippen LogP contribution in [0.2, 0.25) is 0 Å². The van der Waals surface area contributed by atoms with Crippen molar-refractivity contribution in [2.45, 2.75) is 26.4 Å². The molecule has 2 rings (SSSR count). The Labute approximate surface area is 147 Å². The number of nitrogens with one attached hydrogen (secondary N) is 2. The van der Waals surface area contributed by atoms with Crippen LogP contribution in [-0.4, -0.2) is 30.2 Å². The first-order valence-electron chi connectivity index (χ1n) is 8.07. The van der Waals surface area contributed by atoms with E-state index in [1.807, 2.05) is 31.3 Å². The summed E-state index contributed by atoms with van der Waals surface area (Å²) in [5.41, 5.74) is 2.79. The quantitative estimate of drug-likeness (QED) is 0.750. The van der Waals surface area contributed by atoms with Gasteiger partial charge in [0.15, 0.2) is 0 Å². The van der Waals surface area contributed by atoms with Crippen LogP contribution in [0, 0.1) is 0 Å². The number of carbonyl (C=O) groups is 2. The summed E-state index contributed by atoms with van der Waals surface area (Å²) in [5.74, 6) is -0.969. The minimum atomic E-state index is -0.969. The van der Waals surface area contributed by atoms with Crippen LogP contribution in [0.3, 0.4) is 0 Å². The van der Waals surface area contributed by atoms with E-state index >= 15 is 0 Å². The Kier molecular flexibility index (Phi) is 6.00. The second kappa shape index (κ2) is 8.19. The van der Waals surface area contributed by atoms with Gasteiger partial charge in [0.05, 0.1) is 5.56 Å². The number of hydrogen-bond donors (Lipinski definition) is 3. The molecule has 25 heavy (non-hydrogen) atoms. The summed E-state index contributed by atoms with van der Waals surface area (Å²) in [7, 11) is 2.00. The van der Waals surface area contributed by atoms with Gasteiger partial charge in [-0.3, -0.25) is 0 Å². The van der Waals surface area contributed by atoms with Crippen LogP contribution < -0.4 is 15.5 Å². The molecule has 2 amide bonds. The van der Waals surface area contributed by atoms with Gasteiger partial charge in [0.25, 0.3) is 0 Å². The maximum Gasteiger partial charge on any atom is 0.335 e. The highest BCUT2D eigenvalue weighted by Gasteiger charge is 2.07. The van der Waals surface area contributed by atoms with Crippen molar-refractivity contribution in [2.75, 3.05) is 17.3 Å². The molecule has 0 aliphatic rings. The number of amides is 2. The molecule has 0 fully saturated rings. The number of nitrogens with zero attached hydrogens (tertiary/aromatic N) is 1. The summed E-state index contributed by atoms with van der Waals surface area (Å²) in [6, 6.07) is 14.1. The normalized spacial score (nSPS) is 10.4. The van der Waals surface area contributed by atoms with Crippen molar-refractivity contribution in [3.8, 4) is 0 Å². The van der Waals surface area contributed by atoms with E-state index in [2.05, 4.69) is 29.4 Å². The van der Waals surface area contributed by atoms with E-state index in [9.17, 15) is 9.59 Å². The lowest BCUT2D eigenvalue weighted by molar-refractivity contribution is 0.0697. The lowest BCUT2D eigenvalue weighted by atomic mass is 10.1. The van der Waals surface area contributed by atoms with Crippen LogP contribution in [0.4, 0.5) is 16.2 Å². The van der Waals surface area contributed by atoms with Crippen molar-refractivity contribution < 1.29 is 14.7 Å². The van der Waals surface area contributed by atoms with Gasteiger partial charge >= 0.3 is 12.0 Å². The van der Waals surface area contributed by atoms with E-state index in [-0.39, 0.29) is 11.6 Å². The smallest absolute Gasteiger partial charge is 0.335 e. The first-order chi connectivity index (χ1) is 11.9. The van der Waals surface area contributed by atoms with E-state index in [1.165, 1.54) is 12.1 Å². The predicted octanol–water partition coefficient (Wildman–Crippen LogP) is 3.55. The number of aromatic carboxylic acids is 1. The Morgan fingerprint density at radius 1 is 1.12 bits per heavy atom. The topological polar surface area (TPSA) is 81.7 Å². The molecule has 0 spiro atoms. The van der Waals surface area contributed by atoms with Crippen molar-refractivity contribution in [2.24, 2.45) is 0 Å². The predicted molar refractivity (Wildman–Crippen MR) is 99.2 cm³/mol. The Hall–Kier alpha value is -3.02. The van der Waals surface area contributed by atoms with E-state index in [0.717, 1.165) is 11.3 Å². The molecule has 0 saturated carbocycles. The number of benzene rings is 2. The van der Waals surface area contributed by atoms with E-state index in [0.29, 0.717) is 18.3 Å². The maximum absolute atomic E-state index is 12.0. The fourth-order valence-electron chi connectivity index (χ4n) is 2.22. The molecule has 2 aromatic carbocycles. The first-order valence-corrected chi connectivity index (χ1v) is 8.07. The highest BCUT2D eigenvalue weighted by molar-refractivity contribution is 5.90. The van der Waals surface area contributed by atoms with E-state index in [4.69, 9.17) is 5.11 Å². The Morgan fingerprint density at radius 2 is 1.80 bits per heavy atom. The summed E-state index contributed by atoms with van der Waals surface area (Å²) in [4.78, 5) is 25.0. The SMILES string of the molecule is CC(C)N(C)c1cccc(NC(=O)NCc2ccc(C(=O)O)cc2)c1. The third-order valence-corrected chi connectivity index (χ3v) is 3.94. The zero-order valence-electron chi connectivity index (χ0n) is 14.6. The molecule has 3 N–H and O–H groups in total. The molecule has 132 valence electrons. The second-order valence-electron chi connectivity index (χ2n) is 6.06. The molecule has 0 heterocycles. The van der Waals surface area contributed by atoms with Crippen LogP contribution in [0.15, 0.2) is 48.5 Å². The van der Waals surface area contributed by atoms with Crippen molar-refractivity contribution in [3.05, 3.63) is 59.7 Å². The fraction of sp³-hybridized carbons (Fsp3) is 0.263. The van der Waals surface area contributed by atoms with E-state index < -0.39 is 5.97 Å². The fourth-order valence-corrected chi connectivity index (χ4v) is 2.22. The minimum absolute atomic E-state index is 0.222. The van der Waals surface area contributed by atoms with Gasteiger partial charge in [0.1, 0.15) is 0 Å². The molecular formula is C19H23N3O3. The minimum Gasteiger partial charge on any atom is -0.478 e. The van der Waals surface area contributed by atoms with Crippen LogP contribution >= 0.6 is 0 Å². The first kappa shape index (κ1) is 18.3. The second-order valence-corrected chi connectivity index (χ2v) is 6.06. The van der Waals surface area contributed by atoms with Gasteiger partial charge in [-0.15, -0.1) is 0 Å². The van der Waals surface area contributed by atoms with Gasteiger partial charge in [0.2, 0.25) is 0 Å². The average Bonchev–Trinajstić information content (AvgIpc) is 2.59. The number of rotatable bonds is 6. The number of carbonyl (C=O) groups excluding carboxylic acids is 1. The molecule has 0 saturated heterocycles. The summed E-state index contributed by atoms with van der Waals surface area (Å²) in [6.45, 7) is 4.52. The van der Waals surface area contributed by atoms with Crippen LogP contribution in [0.1, 0.15) is 29.8 Å². The zero-order valence-corrected chi connectivity index (χ0v) is 14.6. The molecule has 0 aliphatic carbocycles. The Morgan fingerprint density at radius 3 is 2.40 bits per heavy atom. The summed E-state index contributed by atoms with van der Waals surface area (Å²) in [5, 5.41) is 14.4. The molecule has 0 aromatic heterocycles. The van der Waals surface area contributed by atoms with Crippen molar-refractivity contribution in [1.82, 2.24) is 5.32 Å². The third-order valence-electron chi connectivity index (χ3n) is 3.94. The highest BCUT2D eigenvalue weighted by atomic mass is 16.4. The zero-order chi connectivity index (χ0) is 18.4. The van der Waals surface area contributed by atoms with Crippen LogP contribution in [0.5, 0.6) is 0 Å². The number of carboxylic acids is 1. The summed E-state index contributed by atoms with van der Waals surface area (Å²) < 4.78 is 0. The van der Waals surface area contributed by atoms with Gasteiger partial charge in [-0.1, -0.05) is 18.2 Å². The van der Waals surface area contributed by atoms with Gasteiger partial charge in [-0.05, 0) is 49.7 Å². The highest BCUT2D eigenvalue weighted by Crippen LogP contribution is 2.20. The standard InChI is InChI=1S/C19H23N3O3/c1-13(2)22(3)17-6-4-5-16(11-17)21-19(25)20-12-14-7-9-15(10-8-14)18(23)24/h4-11,13H,12H2,1-3H3,(H,23,24)(H2,20,21,25). The third kappa shape index (κ3) is 5.24. The number of anilines is 2. The molecule has 0 atom stereocenters. The number of urea groups is 1. The Balaban J connectivity index is 1.92. The lowest BCUT2D eigenvalue weighted by Gasteiger charge is -2.24. The Bertz CT molecular complexity index is 742. The monoisotopic (exact) mass is 341 g/mol. The molecule has 6 nitrogen and oxygen atoms in total. The largest absolute Gasteiger partial charge is 0.478 e. The maximum atomic E-state index is 12.0. The molecule has 0 bridgehead atoms. The number of hydrogen-bond acceptors (Lipinski definition) is 3. The van der Waals surface area contributed by atoms with Gasteiger partial charge in [-0.2, -0.15) is 0 Å².